The summed E-state index contributed by atoms with van der Waals surface area (Å²) in [6, 6.07) is 17.3. The Bertz CT molecular complexity index is 653. The lowest BCUT2D eigenvalue weighted by molar-refractivity contribution is -0.682. The molecule has 1 amide bonds. The summed E-state index contributed by atoms with van der Waals surface area (Å²) >= 11 is 0. The van der Waals surface area contributed by atoms with Gasteiger partial charge >= 0.3 is 0 Å². The Morgan fingerprint density at radius 3 is 2.50 bits per heavy atom. The van der Waals surface area contributed by atoms with Crippen LogP contribution in [0, 0.1) is 0 Å². The number of benzene rings is 2. The molecule has 2 aromatic rings. The Labute approximate surface area is 130 Å². The predicted octanol–water partition coefficient (Wildman–Crippen LogP) is 2.15. The van der Waals surface area contributed by atoms with E-state index in [0.717, 1.165) is 0 Å². The summed E-state index contributed by atoms with van der Waals surface area (Å²) in [4.78, 5) is 23.3. The van der Waals surface area contributed by atoms with Gasteiger partial charge in [0.2, 0.25) is 0 Å². The molecule has 0 saturated heterocycles. The second kappa shape index (κ2) is 7.52. The first-order valence-electron chi connectivity index (χ1n) is 7.35. The fourth-order valence-corrected chi connectivity index (χ4v) is 2.20. The Balaban J connectivity index is 1.88. The number of carbonyl (C=O) groups is 2. The molecule has 0 aromatic heterocycles. The minimum absolute atomic E-state index is 0.0136. The van der Waals surface area contributed by atoms with Crippen molar-refractivity contribution < 1.29 is 14.9 Å². The van der Waals surface area contributed by atoms with E-state index in [-0.39, 0.29) is 17.7 Å². The van der Waals surface area contributed by atoms with Crippen LogP contribution in [-0.2, 0) is 4.79 Å². The first kappa shape index (κ1) is 15.9. The van der Waals surface area contributed by atoms with Crippen molar-refractivity contribution in [1.82, 2.24) is 0 Å². The highest BCUT2D eigenvalue weighted by molar-refractivity contribution is 5.97. The van der Waals surface area contributed by atoms with Crippen LogP contribution in [0.15, 0.2) is 54.6 Å². The molecule has 0 bridgehead atoms. The third-order valence-corrected chi connectivity index (χ3v) is 3.54. The maximum atomic E-state index is 12.0. The molecule has 4 nitrogen and oxygen atoms in total. The van der Waals surface area contributed by atoms with Gasteiger partial charge in [-0.2, -0.15) is 0 Å². The zero-order valence-corrected chi connectivity index (χ0v) is 12.9. The molecule has 0 aliphatic rings. The summed E-state index contributed by atoms with van der Waals surface area (Å²) in [5, 5.41) is 4.81. The van der Waals surface area contributed by atoms with Crippen LogP contribution in [0.3, 0.4) is 0 Å². The lowest BCUT2D eigenvalue weighted by atomic mass is 10.1. The molecule has 114 valence electrons. The van der Waals surface area contributed by atoms with Gasteiger partial charge in [-0.1, -0.05) is 42.5 Å². The lowest BCUT2D eigenvalue weighted by Gasteiger charge is -2.11. The molecule has 4 heteroatoms. The first-order valence-corrected chi connectivity index (χ1v) is 7.35. The Morgan fingerprint density at radius 2 is 1.82 bits per heavy atom. The van der Waals surface area contributed by atoms with Crippen LogP contribution in [-0.4, -0.2) is 18.2 Å². The summed E-state index contributed by atoms with van der Waals surface area (Å²) in [6.07, 6.45) is 0. The Hall–Kier alpha value is -2.46. The number of anilines is 1. The Kier molecular flexibility index (Phi) is 5.44. The van der Waals surface area contributed by atoms with Gasteiger partial charge in [0.05, 0.1) is 0 Å². The third-order valence-electron chi connectivity index (χ3n) is 3.54. The standard InChI is InChI=1S/C18H20N2O2/c1-13(15-7-4-3-5-8-15)19-12-18(22)20-17-10-6-9-16(11-17)14(2)21/h3-11,13,19H,12H2,1-2H3,(H,20,22)/p+1/t13-/m0/s1. The van der Waals surface area contributed by atoms with Gasteiger partial charge in [0, 0.05) is 16.8 Å². The van der Waals surface area contributed by atoms with Gasteiger partial charge in [-0.05, 0) is 26.0 Å². The van der Waals surface area contributed by atoms with Crippen LogP contribution in [0.25, 0.3) is 0 Å². The zero-order chi connectivity index (χ0) is 15.9. The van der Waals surface area contributed by atoms with Crippen molar-refractivity contribution in [3.05, 3.63) is 65.7 Å². The van der Waals surface area contributed by atoms with Crippen molar-refractivity contribution in [2.75, 3.05) is 11.9 Å². The predicted molar refractivity (Wildman–Crippen MR) is 86.7 cm³/mol. The molecule has 3 N–H and O–H groups in total. The molecule has 0 aliphatic carbocycles. The molecule has 0 spiro atoms. The zero-order valence-electron chi connectivity index (χ0n) is 12.9. The number of quaternary nitrogens is 1. The normalized spacial score (nSPS) is 11.7. The van der Waals surface area contributed by atoms with E-state index in [9.17, 15) is 9.59 Å². The van der Waals surface area contributed by atoms with Gasteiger partial charge < -0.3 is 10.6 Å². The minimum Gasteiger partial charge on any atom is -0.333 e. The lowest BCUT2D eigenvalue weighted by Crippen LogP contribution is -2.86. The second-order valence-electron chi connectivity index (χ2n) is 5.32. The molecule has 0 aliphatic heterocycles. The number of amides is 1. The van der Waals surface area contributed by atoms with Crippen molar-refractivity contribution >= 4 is 17.4 Å². The largest absolute Gasteiger partial charge is 0.333 e. The van der Waals surface area contributed by atoms with Crippen molar-refractivity contribution in [3.8, 4) is 0 Å². The quantitative estimate of drug-likeness (QED) is 0.803. The van der Waals surface area contributed by atoms with E-state index in [4.69, 9.17) is 0 Å². The van der Waals surface area contributed by atoms with Gasteiger partial charge in [-0.15, -0.1) is 0 Å². The molecule has 1 atom stereocenters. The first-order chi connectivity index (χ1) is 10.6. The number of hydrogen-bond donors (Lipinski definition) is 2. The maximum Gasteiger partial charge on any atom is 0.279 e. The topological polar surface area (TPSA) is 62.8 Å². The van der Waals surface area contributed by atoms with Gasteiger partial charge in [0.1, 0.15) is 6.04 Å². The van der Waals surface area contributed by atoms with Crippen LogP contribution >= 0.6 is 0 Å². The smallest absolute Gasteiger partial charge is 0.279 e. The van der Waals surface area contributed by atoms with Crippen molar-refractivity contribution in [2.45, 2.75) is 19.9 Å². The van der Waals surface area contributed by atoms with Crippen LogP contribution in [0.2, 0.25) is 0 Å². The molecule has 0 fully saturated rings. The third kappa shape index (κ3) is 4.53. The van der Waals surface area contributed by atoms with Crippen molar-refractivity contribution in [3.63, 3.8) is 0 Å². The number of Topliss-reactive ketones (excluding diaryl/α,β-unsaturated/α-hetero) is 1. The molecule has 0 saturated carbocycles. The van der Waals surface area contributed by atoms with Crippen molar-refractivity contribution in [2.24, 2.45) is 0 Å². The monoisotopic (exact) mass is 297 g/mol. The summed E-state index contributed by atoms with van der Waals surface area (Å²) in [5.41, 5.74) is 2.44. The Morgan fingerprint density at radius 1 is 1.09 bits per heavy atom. The molecule has 0 unspecified atom stereocenters. The van der Waals surface area contributed by atoms with Gasteiger partial charge in [0.25, 0.3) is 5.91 Å². The molecule has 2 rings (SSSR count). The summed E-state index contributed by atoms with van der Waals surface area (Å²) in [6.45, 7) is 3.91. The number of rotatable bonds is 6. The fraction of sp³-hybridized carbons (Fsp3) is 0.222. The molecule has 2 aromatic carbocycles. The van der Waals surface area contributed by atoms with Crippen molar-refractivity contribution in [1.29, 1.82) is 0 Å². The number of hydrogen-bond acceptors (Lipinski definition) is 2. The number of nitrogens with two attached hydrogens (primary N) is 1. The highest BCUT2D eigenvalue weighted by Crippen LogP contribution is 2.11. The van der Waals surface area contributed by atoms with E-state index < -0.39 is 0 Å². The minimum atomic E-state index is -0.0801. The van der Waals surface area contributed by atoms with Crippen LogP contribution in [0.4, 0.5) is 5.69 Å². The van der Waals surface area contributed by atoms with E-state index >= 15 is 0 Å². The summed E-state index contributed by atoms with van der Waals surface area (Å²) in [7, 11) is 0. The molecular weight excluding hydrogens is 276 g/mol. The van der Waals surface area contributed by atoms with Gasteiger partial charge in [0.15, 0.2) is 12.3 Å². The second-order valence-corrected chi connectivity index (χ2v) is 5.32. The average Bonchev–Trinajstić information content (AvgIpc) is 2.53. The van der Waals surface area contributed by atoms with E-state index in [2.05, 4.69) is 24.4 Å². The average molecular weight is 297 g/mol. The molecule has 0 heterocycles. The summed E-state index contributed by atoms with van der Waals surface area (Å²) < 4.78 is 0. The van der Waals surface area contributed by atoms with E-state index in [1.54, 1.807) is 24.3 Å². The SMILES string of the molecule is CC(=O)c1cccc(NC(=O)C[NH2+][C@@H](C)c2ccccc2)c1. The molecule has 22 heavy (non-hydrogen) atoms. The van der Waals surface area contributed by atoms with E-state index in [1.165, 1.54) is 12.5 Å². The van der Waals surface area contributed by atoms with E-state index in [1.807, 2.05) is 23.5 Å². The summed E-state index contributed by atoms with van der Waals surface area (Å²) in [5.74, 6) is -0.0937. The van der Waals surface area contributed by atoms with Gasteiger partial charge in [-0.3, -0.25) is 9.59 Å². The van der Waals surface area contributed by atoms with Gasteiger partial charge in [-0.25, -0.2) is 0 Å². The van der Waals surface area contributed by atoms with Crippen LogP contribution < -0.4 is 10.6 Å². The molecule has 0 radical (unpaired) electrons. The van der Waals surface area contributed by atoms with Crippen LogP contribution in [0.5, 0.6) is 0 Å². The highest BCUT2D eigenvalue weighted by atomic mass is 16.2. The maximum absolute atomic E-state index is 12.0. The van der Waals surface area contributed by atoms with Crippen LogP contribution in [0.1, 0.15) is 35.8 Å². The highest BCUT2D eigenvalue weighted by Gasteiger charge is 2.11. The number of carbonyl (C=O) groups excluding carboxylic acids is 2. The number of nitrogens with one attached hydrogen (secondary N) is 1. The number of ketones is 1. The fourth-order valence-electron chi connectivity index (χ4n) is 2.20. The molecular formula is C18H21N2O2+. The van der Waals surface area contributed by atoms with E-state index in [0.29, 0.717) is 17.8 Å².